The SMILES string of the molecule is COc1ccc([N+](=O)[O-])cc1NC(=O)C(C)OC(=O)c1ccc(Cl)cc1Cl. The molecule has 0 radical (unpaired) electrons. The van der Waals surface area contributed by atoms with Gasteiger partial charge < -0.3 is 14.8 Å². The number of methoxy groups -OCH3 is 1. The van der Waals surface area contributed by atoms with E-state index >= 15 is 0 Å². The zero-order valence-corrected chi connectivity index (χ0v) is 15.7. The Bertz CT molecular complexity index is 903. The molecule has 142 valence electrons. The van der Waals surface area contributed by atoms with Crippen LogP contribution in [0.4, 0.5) is 11.4 Å². The molecule has 27 heavy (non-hydrogen) atoms. The number of hydrogen-bond donors (Lipinski definition) is 1. The van der Waals surface area contributed by atoms with Crippen LogP contribution >= 0.6 is 23.2 Å². The van der Waals surface area contributed by atoms with E-state index in [9.17, 15) is 19.7 Å². The predicted octanol–water partition coefficient (Wildman–Crippen LogP) is 4.09. The van der Waals surface area contributed by atoms with Gasteiger partial charge in [-0.25, -0.2) is 4.79 Å². The van der Waals surface area contributed by atoms with Gasteiger partial charge in [0.05, 0.1) is 28.3 Å². The molecule has 0 saturated carbocycles. The average molecular weight is 413 g/mol. The number of ether oxygens (including phenoxy) is 2. The molecule has 0 aliphatic rings. The van der Waals surface area contributed by atoms with Crippen molar-refractivity contribution in [3.05, 3.63) is 62.1 Å². The van der Waals surface area contributed by atoms with Gasteiger partial charge in [-0.05, 0) is 31.2 Å². The summed E-state index contributed by atoms with van der Waals surface area (Å²) in [6, 6.07) is 7.93. The van der Waals surface area contributed by atoms with Crippen molar-refractivity contribution in [2.75, 3.05) is 12.4 Å². The Morgan fingerprint density at radius 2 is 1.89 bits per heavy atom. The van der Waals surface area contributed by atoms with Crippen LogP contribution in [0.3, 0.4) is 0 Å². The number of esters is 1. The molecule has 0 spiro atoms. The number of anilines is 1. The maximum atomic E-state index is 12.3. The van der Waals surface area contributed by atoms with Crippen LogP contribution in [0.25, 0.3) is 0 Å². The summed E-state index contributed by atoms with van der Waals surface area (Å²) in [4.78, 5) is 34.7. The van der Waals surface area contributed by atoms with Gasteiger partial charge in [0.25, 0.3) is 11.6 Å². The maximum Gasteiger partial charge on any atom is 0.340 e. The smallest absolute Gasteiger partial charge is 0.340 e. The number of hydrogen-bond acceptors (Lipinski definition) is 6. The van der Waals surface area contributed by atoms with Gasteiger partial charge in [-0.3, -0.25) is 14.9 Å². The molecule has 0 aromatic heterocycles. The Morgan fingerprint density at radius 3 is 2.48 bits per heavy atom. The van der Waals surface area contributed by atoms with Gasteiger partial charge >= 0.3 is 5.97 Å². The van der Waals surface area contributed by atoms with Crippen molar-refractivity contribution in [2.24, 2.45) is 0 Å². The Hall–Kier alpha value is -2.84. The molecule has 2 aromatic carbocycles. The molecule has 0 heterocycles. The molecule has 10 heteroatoms. The van der Waals surface area contributed by atoms with Gasteiger partial charge in [0.2, 0.25) is 0 Å². The summed E-state index contributed by atoms with van der Waals surface area (Å²) in [7, 11) is 1.35. The summed E-state index contributed by atoms with van der Waals surface area (Å²) < 4.78 is 10.2. The maximum absolute atomic E-state index is 12.3. The first-order valence-electron chi connectivity index (χ1n) is 7.52. The summed E-state index contributed by atoms with van der Waals surface area (Å²) >= 11 is 11.7. The minimum atomic E-state index is -1.20. The van der Waals surface area contributed by atoms with E-state index in [1.165, 1.54) is 44.4 Å². The monoisotopic (exact) mass is 412 g/mol. The summed E-state index contributed by atoms with van der Waals surface area (Å²) in [6.07, 6.45) is -1.20. The summed E-state index contributed by atoms with van der Waals surface area (Å²) in [5.74, 6) is -1.30. The molecule has 0 bridgehead atoms. The van der Waals surface area contributed by atoms with Crippen molar-refractivity contribution in [3.63, 3.8) is 0 Å². The second-order valence-corrected chi connectivity index (χ2v) is 6.15. The topological polar surface area (TPSA) is 108 Å². The van der Waals surface area contributed by atoms with Crippen LogP contribution in [0, 0.1) is 10.1 Å². The number of halogens is 2. The van der Waals surface area contributed by atoms with Gasteiger partial charge in [0.1, 0.15) is 5.75 Å². The van der Waals surface area contributed by atoms with E-state index in [2.05, 4.69) is 5.32 Å². The largest absolute Gasteiger partial charge is 0.495 e. The number of nitrogens with zero attached hydrogens (tertiary/aromatic N) is 1. The molecule has 2 rings (SSSR count). The molecule has 8 nitrogen and oxygen atoms in total. The second-order valence-electron chi connectivity index (χ2n) is 5.30. The fraction of sp³-hybridized carbons (Fsp3) is 0.176. The first-order valence-corrected chi connectivity index (χ1v) is 8.28. The van der Waals surface area contributed by atoms with Crippen LogP contribution < -0.4 is 10.1 Å². The number of nitro groups is 1. The fourth-order valence-corrected chi connectivity index (χ4v) is 2.56. The first-order chi connectivity index (χ1) is 12.7. The highest BCUT2D eigenvalue weighted by molar-refractivity contribution is 6.36. The highest BCUT2D eigenvalue weighted by Crippen LogP contribution is 2.29. The molecule has 0 aliphatic heterocycles. The minimum Gasteiger partial charge on any atom is -0.495 e. The molecule has 1 amide bonds. The molecular weight excluding hydrogens is 399 g/mol. The fourth-order valence-electron chi connectivity index (χ4n) is 2.07. The van der Waals surface area contributed by atoms with Crippen molar-refractivity contribution in [1.29, 1.82) is 0 Å². The highest BCUT2D eigenvalue weighted by atomic mass is 35.5. The second kappa shape index (κ2) is 8.70. The van der Waals surface area contributed by atoms with Crippen LogP contribution in [0.5, 0.6) is 5.75 Å². The standard InChI is InChI=1S/C17H14Cl2N2O6/c1-9(27-17(23)12-5-3-10(18)7-13(12)19)16(22)20-14-8-11(21(24)25)4-6-15(14)26-2/h3-9H,1-2H3,(H,20,22). The van der Waals surface area contributed by atoms with Crippen LogP contribution in [0.1, 0.15) is 17.3 Å². The highest BCUT2D eigenvalue weighted by Gasteiger charge is 2.22. The normalized spacial score (nSPS) is 11.4. The third-order valence-electron chi connectivity index (χ3n) is 3.46. The lowest BCUT2D eigenvalue weighted by Gasteiger charge is -2.15. The Morgan fingerprint density at radius 1 is 1.19 bits per heavy atom. The lowest BCUT2D eigenvalue weighted by molar-refractivity contribution is -0.384. The van der Waals surface area contributed by atoms with Gasteiger partial charge in [-0.15, -0.1) is 0 Å². The molecule has 0 fully saturated rings. The third-order valence-corrected chi connectivity index (χ3v) is 4.00. The van der Waals surface area contributed by atoms with Crippen molar-refractivity contribution < 1.29 is 24.0 Å². The zero-order chi connectivity index (χ0) is 20.1. The number of carbonyl (C=O) groups is 2. The van der Waals surface area contributed by atoms with Crippen molar-refractivity contribution >= 4 is 46.5 Å². The van der Waals surface area contributed by atoms with Crippen LogP contribution in [-0.4, -0.2) is 30.0 Å². The molecule has 0 aliphatic carbocycles. The molecule has 1 atom stereocenters. The minimum absolute atomic E-state index is 0.0497. The predicted molar refractivity (Wildman–Crippen MR) is 99.6 cm³/mol. The number of nitro benzene ring substituents is 1. The van der Waals surface area contributed by atoms with Gasteiger partial charge in [-0.1, -0.05) is 23.2 Å². The Kier molecular flexibility index (Phi) is 6.59. The molecule has 0 saturated heterocycles. The van der Waals surface area contributed by atoms with Crippen LogP contribution in [0.2, 0.25) is 10.0 Å². The van der Waals surface area contributed by atoms with Crippen LogP contribution in [-0.2, 0) is 9.53 Å². The van der Waals surface area contributed by atoms with E-state index < -0.39 is 22.9 Å². The molecule has 1 unspecified atom stereocenters. The molecular formula is C17H14Cl2N2O6. The van der Waals surface area contributed by atoms with E-state index in [-0.39, 0.29) is 27.7 Å². The van der Waals surface area contributed by atoms with E-state index in [0.29, 0.717) is 5.02 Å². The Balaban J connectivity index is 2.12. The van der Waals surface area contributed by atoms with Crippen molar-refractivity contribution in [3.8, 4) is 5.75 Å². The summed E-state index contributed by atoms with van der Waals surface area (Å²) in [5, 5.41) is 13.8. The number of carbonyl (C=O) groups excluding carboxylic acids is 2. The lowest BCUT2D eigenvalue weighted by atomic mass is 10.2. The number of non-ortho nitro benzene ring substituents is 1. The number of rotatable bonds is 6. The quantitative estimate of drug-likeness (QED) is 0.434. The molecule has 1 N–H and O–H groups in total. The third kappa shape index (κ3) is 5.08. The number of benzene rings is 2. The summed E-state index contributed by atoms with van der Waals surface area (Å²) in [5.41, 5.74) is -0.110. The van der Waals surface area contributed by atoms with E-state index in [4.69, 9.17) is 32.7 Å². The van der Waals surface area contributed by atoms with Gasteiger partial charge in [0.15, 0.2) is 6.10 Å². The van der Waals surface area contributed by atoms with E-state index in [1.807, 2.05) is 0 Å². The average Bonchev–Trinajstić information content (AvgIpc) is 2.61. The number of amides is 1. The van der Waals surface area contributed by atoms with E-state index in [1.54, 1.807) is 0 Å². The van der Waals surface area contributed by atoms with Crippen molar-refractivity contribution in [1.82, 2.24) is 0 Å². The van der Waals surface area contributed by atoms with Crippen LogP contribution in [0.15, 0.2) is 36.4 Å². The van der Waals surface area contributed by atoms with Crippen molar-refractivity contribution in [2.45, 2.75) is 13.0 Å². The first kappa shape index (κ1) is 20.5. The summed E-state index contributed by atoms with van der Waals surface area (Å²) in [6.45, 7) is 1.35. The van der Waals surface area contributed by atoms with Gasteiger partial charge in [0, 0.05) is 17.2 Å². The lowest BCUT2D eigenvalue weighted by Crippen LogP contribution is -2.30. The zero-order valence-electron chi connectivity index (χ0n) is 14.2. The Labute approximate surface area is 164 Å². The van der Waals surface area contributed by atoms with Gasteiger partial charge in [-0.2, -0.15) is 0 Å². The molecule has 2 aromatic rings. The van der Waals surface area contributed by atoms with E-state index in [0.717, 1.165) is 6.07 Å². The number of nitrogens with one attached hydrogen (secondary N) is 1.